The molecule has 0 aliphatic carbocycles. The van der Waals surface area contributed by atoms with Crippen LogP contribution < -0.4 is 15.2 Å². The van der Waals surface area contributed by atoms with Crippen LogP contribution in [-0.2, 0) is 14.8 Å². The Kier molecular flexibility index (Phi) is 7.32. The van der Waals surface area contributed by atoms with E-state index in [0.29, 0.717) is 23.6 Å². The number of hydrogen-bond acceptors (Lipinski definition) is 5. The van der Waals surface area contributed by atoms with Gasteiger partial charge in [-0.3, -0.25) is 4.79 Å². The second kappa shape index (κ2) is 9.69. The van der Waals surface area contributed by atoms with Gasteiger partial charge in [-0.15, -0.1) is 0 Å². The third-order valence-electron chi connectivity index (χ3n) is 3.78. The number of amides is 1. The lowest BCUT2D eigenvalue weighted by Crippen LogP contribution is -2.14. The fourth-order valence-corrected chi connectivity index (χ4v) is 2.80. The Morgan fingerprint density at radius 3 is 2.50 bits per heavy atom. The number of nitrogens with two attached hydrogens (primary N) is 1. The molecule has 8 heteroatoms. The molecule has 28 heavy (non-hydrogen) atoms. The molecule has 0 saturated carbocycles. The smallest absolute Gasteiger partial charge is 0.266 e. The maximum absolute atomic E-state index is 12.4. The average molecular weight is 399 g/mol. The second-order valence-corrected chi connectivity index (χ2v) is 7.49. The number of benzene rings is 2. The van der Waals surface area contributed by atoms with E-state index in [0.717, 1.165) is 12.8 Å². The molecule has 1 amide bonds. The number of unbranched alkanes of at least 4 members (excludes halogenated alkanes) is 1. The summed E-state index contributed by atoms with van der Waals surface area (Å²) in [5, 5.41) is 17.0. The fraction of sp³-hybridized carbons (Fsp3) is 0.200. The van der Waals surface area contributed by atoms with Gasteiger partial charge in [-0.25, -0.2) is 13.6 Å². The number of carbonyl (C=O) groups is 1. The second-order valence-electron chi connectivity index (χ2n) is 5.93. The zero-order chi connectivity index (χ0) is 20.6. The van der Waals surface area contributed by atoms with Crippen LogP contribution in [0.1, 0.15) is 25.3 Å². The lowest BCUT2D eigenvalue weighted by molar-refractivity contribution is -0.112. The van der Waals surface area contributed by atoms with E-state index in [1.165, 1.54) is 30.3 Å². The van der Waals surface area contributed by atoms with E-state index in [9.17, 15) is 18.5 Å². The molecule has 2 aromatic rings. The van der Waals surface area contributed by atoms with Crippen molar-refractivity contribution in [3.8, 4) is 11.8 Å². The van der Waals surface area contributed by atoms with Crippen LogP contribution in [-0.4, -0.2) is 20.9 Å². The van der Waals surface area contributed by atoms with Gasteiger partial charge in [0, 0.05) is 11.3 Å². The molecule has 2 rings (SSSR count). The summed E-state index contributed by atoms with van der Waals surface area (Å²) in [6.45, 7) is 2.61. The Labute approximate surface area is 164 Å². The number of nitrogens with one attached hydrogen (secondary N) is 1. The molecule has 2 aromatic carbocycles. The van der Waals surface area contributed by atoms with E-state index in [1.54, 1.807) is 18.2 Å². The number of sulfonamides is 1. The van der Waals surface area contributed by atoms with Crippen LogP contribution in [0.4, 0.5) is 5.69 Å². The van der Waals surface area contributed by atoms with Crippen molar-refractivity contribution in [3.05, 3.63) is 59.7 Å². The molecule has 0 atom stereocenters. The topological polar surface area (TPSA) is 122 Å². The summed E-state index contributed by atoms with van der Waals surface area (Å²) >= 11 is 0. The highest BCUT2D eigenvalue weighted by molar-refractivity contribution is 7.89. The molecule has 7 nitrogen and oxygen atoms in total. The van der Waals surface area contributed by atoms with Gasteiger partial charge in [0.25, 0.3) is 5.91 Å². The number of anilines is 1. The molecule has 0 bridgehead atoms. The van der Waals surface area contributed by atoms with Crippen molar-refractivity contribution in [2.75, 3.05) is 11.9 Å². The van der Waals surface area contributed by atoms with Gasteiger partial charge < -0.3 is 10.1 Å². The highest BCUT2D eigenvalue weighted by Gasteiger charge is 2.12. The fourth-order valence-electron chi connectivity index (χ4n) is 2.29. The first kappa shape index (κ1) is 21.2. The van der Waals surface area contributed by atoms with E-state index in [1.807, 2.05) is 12.1 Å². The Bertz CT molecular complexity index is 1010. The molecule has 0 unspecified atom stereocenters. The summed E-state index contributed by atoms with van der Waals surface area (Å²) in [7, 11) is -3.81. The van der Waals surface area contributed by atoms with Gasteiger partial charge in [0.15, 0.2) is 0 Å². The minimum Gasteiger partial charge on any atom is -0.493 e. The van der Waals surface area contributed by atoms with Crippen LogP contribution in [0, 0.1) is 11.3 Å². The molecule has 0 heterocycles. The van der Waals surface area contributed by atoms with E-state index >= 15 is 0 Å². The lowest BCUT2D eigenvalue weighted by Gasteiger charge is -2.09. The monoisotopic (exact) mass is 399 g/mol. The summed E-state index contributed by atoms with van der Waals surface area (Å²) < 4.78 is 28.3. The predicted octanol–water partition coefficient (Wildman–Crippen LogP) is 3.06. The minimum atomic E-state index is -3.81. The van der Waals surface area contributed by atoms with Crippen molar-refractivity contribution >= 4 is 27.7 Å². The van der Waals surface area contributed by atoms with Gasteiger partial charge in [0.1, 0.15) is 17.4 Å². The number of para-hydroxylation sites is 1. The van der Waals surface area contributed by atoms with E-state index in [2.05, 4.69) is 12.2 Å². The van der Waals surface area contributed by atoms with Crippen molar-refractivity contribution in [1.82, 2.24) is 0 Å². The van der Waals surface area contributed by atoms with Crippen molar-refractivity contribution in [1.29, 1.82) is 5.26 Å². The quantitative estimate of drug-likeness (QED) is 0.401. The zero-order valence-corrected chi connectivity index (χ0v) is 16.2. The number of nitrogens with zero attached hydrogens (tertiary/aromatic N) is 1. The number of carbonyl (C=O) groups excluding carboxylic acids is 1. The standard InChI is InChI=1S/C20H21N3O4S/c1-2-3-12-27-19-7-5-4-6-15(19)13-16(14-21)20(24)23-17-8-10-18(11-9-17)28(22,25)26/h4-11,13H,2-3,12H2,1H3,(H,23,24)(H2,22,25,26)/b16-13+. The number of rotatable bonds is 8. The molecule has 3 N–H and O–H groups in total. The van der Waals surface area contributed by atoms with Crippen LogP contribution in [0.5, 0.6) is 5.75 Å². The summed E-state index contributed by atoms with van der Waals surface area (Å²) in [4.78, 5) is 12.3. The molecule has 0 fully saturated rings. The van der Waals surface area contributed by atoms with Gasteiger partial charge in [-0.05, 0) is 42.8 Å². The Hall–Kier alpha value is -3.15. The summed E-state index contributed by atoms with van der Waals surface area (Å²) in [5.41, 5.74) is 0.850. The molecule has 0 spiro atoms. The largest absolute Gasteiger partial charge is 0.493 e. The van der Waals surface area contributed by atoms with Crippen LogP contribution in [0.25, 0.3) is 6.08 Å². The first-order valence-electron chi connectivity index (χ1n) is 8.63. The molecule has 0 radical (unpaired) electrons. The van der Waals surface area contributed by atoms with E-state index in [-0.39, 0.29) is 10.5 Å². The van der Waals surface area contributed by atoms with Crippen molar-refractivity contribution in [2.24, 2.45) is 5.14 Å². The highest BCUT2D eigenvalue weighted by Crippen LogP contribution is 2.22. The molecule has 0 aromatic heterocycles. The summed E-state index contributed by atoms with van der Waals surface area (Å²) in [6.07, 6.45) is 3.35. The Morgan fingerprint density at radius 2 is 1.89 bits per heavy atom. The molecular formula is C20H21N3O4S. The van der Waals surface area contributed by atoms with Crippen molar-refractivity contribution in [3.63, 3.8) is 0 Å². The average Bonchev–Trinajstić information content (AvgIpc) is 2.67. The Morgan fingerprint density at radius 1 is 1.21 bits per heavy atom. The van der Waals surface area contributed by atoms with Crippen LogP contribution >= 0.6 is 0 Å². The first-order valence-corrected chi connectivity index (χ1v) is 10.2. The van der Waals surface area contributed by atoms with E-state index in [4.69, 9.17) is 9.88 Å². The van der Waals surface area contributed by atoms with Gasteiger partial charge in [-0.2, -0.15) is 5.26 Å². The van der Waals surface area contributed by atoms with Gasteiger partial charge in [0.05, 0.1) is 11.5 Å². The van der Waals surface area contributed by atoms with Gasteiger partial charge in [0.2, 0.25) is 10.0 Å². The number of nitriles is 1. The maximum Gasteiger partial charge on any atom is 0.266 e. The first-order chi connectivity index (χ1) is 13.3. The summed E-state index contributed by atoms with van der Waals surface area (Å²) in [5.74, 6) is -0.0248. The number of hydrogen-bond donors (Lipinski definition) is 2. The minimum absolute atomic E-state index is 0.0697. The van der Waals surface area contributed by atoms with Crippen LogP contribution in [0.15, 0.2) is 59.0 Å². The third kappa shape index (κ3) is 5.94. The maximum atomic E-state index is 12.4. The number of ether oxygens (including phenoxy) is 1. The van der Waals surface area contributed by atoms with Crippen molar-refractivity contribution < 1.29 is 17.9 Å². The van der Waals surface area contributed by atoms with Crippen LogP contribution in [0.2, 0.25) is 0 Å². The van der Waals surface area contributed by atoms with Gasteiger partial charge >= 0.3 is 0 Å². The third-order valence-corrected chi connectivity index (χ3v) is 4.71. The summed E-state index contributed by atoms with van der Waals surface area (Å²) in [6, 6.07) is 14.4. The molecule has 0 aliphatic heterocycles. The molecular weight excluding hydrogens is 378 g/mol. The predicted molar refractivity (Wildman–Crippen MR) is 107 cm³/mol. The van der Waals surface area contributed by atoms with E-state index < -0.39 is 15.9 Å². The normalized spacial score (nSPS) is 11.5. The highest BCUT2D eigenvalue weighted by atomic mass is 32.2. The molecule has 0 saturated heterocycles. The lowest BCUT2D eigenvalue weighted by atomic mass is 10.1. The molecule has 146 valence electrons. The van der Waals surface area contributed by atoms with Crippen LogP contribution in [0.3, 0.4) is 0 Å². The van der Waals surface area contributed by atoms with Crippen molar-refractivity contribution in [2.45, 2.75) is 24.7 Å². The Balaban J connectivity index is 2.19. The zero-order valence-electron chi connectivity index (χ0n) is 15.4. The van der Waals surface area contributed by atoms with Gasteiger partial charge in [-0.1, -0.05) is 31.5 Å². The SMILES string of the molecule is CCCCOc1ccccc1/C=C(\C#N)C(=O)Nc1ccc(S(N)(=O)=O)cc1. The number of primary sulfonamides is 1. The molecule has 0 aliphatic rings.